The number of anilines is 1. The van der Waals surface area contributed by atoms with Crippen molar-refractivity contribution in [3.8, 4) is 0 Å². The van der Waals surface area contributed by atoms with Crippen LogP contribution in [-0.4, -0.2) is 41.7 Å². The molecule has 4 nitrogen and oxygen atoms in total. The number of hydrogen-bond acceptors (Lipinski definition) is 3. The van der Waals surface area contributed by atoms with E-state index in [1.807, 2.05) is 37.3 Å². The summed E-state index contributed by atoms with van der Waals surface area (Å²) >= 11 is 0. The maximum atomic E-state index is 12.6. The highest BCUT2D eigenvalue weighted by Gasteiger charge is 2.35. The molecule has 0 aliphatic carbocycles. The standard InChI is InChI=1S/C22H28N2O2/c1-18-8-10-20(11-9-18)23(2)21(25)16-22(26)12-14-24(15-13-22)17-19-6-4-3-5-7-19/h3-11,26H,12-17H2,1-2H3. The van der Waals surface area contributed by atoms with E-state index in [-0.39, 0.29) is 12.3 Å². The molecular formula is C22H28N2O2. The highest BCUT2D eigenvalue weighted by molar-refractivity contribution is 5.93. The van der Waals surface area contributed by atoms with Gasteiger partial charge < -0.3 is 10.0 Å². The van der Waals surface area contributed by atoms with Crippen molar-refractivity contribution in [2.45, 2.75) is 38.3 Å². The molecular weight excluding hydrogens is 324 g/mol. The predicted molar refractivity (Wildman–Crippen MR) is 105 cm³/mol. The second-order valence-corrected chi connectivity index (χ2v) is 7.45. The van der Waals surface area contributed by atoms with Gasteiger partial charge in [-0.25, -0.2) is 0 Å². The number of carbonyl (C=O) groups excluding carboxylic acids is 1. The summed E-state index contributed by atoms with van der Waals surface area (Å²) in [7, 11) is 1.78. The number of aryl methyl sites for hydroxylation is 1. The van der Waals surface area contributed by atoms with Crippen molar-refractivity contribution < 1.29 is 9.90 Å². The van der Waals surface area contributed by atoms with Crippen LogP contribution in [0.2, 0.25) is 0 Å². The zero-order valence-electron chi connectivity index (χ0n) is 15.7. The Labute approximate surface area is 156 Å². The van der Waals surface area contributed by atoms with E-state index in [4.69, 9.17) is 0 Å². The number of piperidine rings is 1. The molecule has 26 heavy (non-hydrogen) atoms. The summed E-state index contributed by atoms with van der Waals surface area (Å²) in [6.07, 6.45) is 1.44. The van der Waals surface area contributed by atoms with Crippen molar-refractivity contribution in [3.63, 3.8) is 0 Å². The van der Waals surface area contributed by atoms with Crippen LogP contribution in [-0.2, 0) is 11.3 Å². The fraction of sp³-hybridized carbons (Fsp3) is 0.409. The number of carbonyl (C=O) groups is 1. The topological polar surface area (TPSA) is 43.8 Å². The Morgan fingerprint density at radius 3 is 2.31 bits per heavy atom. The highest BCUT2D eigenvalue weighted by Crippen LogP contribution is 2.28. The summed E-state index contributed by atoms with van der Waals surface area (Å²) in [6.45, 7) is 4.55. The van der Waals surface area contributed by atoms with Gasteiger partial charge in [-0.2, -0.15) is 0 Å². The van der Waals surface area contributed by atoms with E-state index >= 15 is 0 Å². The van der Waals surface area contributed by atoms with Gasteiger partial charge in [0, 0.05) is 32.4 Å². The molecule has 1 heterocycles. The molecule has 2 aromatic carbocycles. The molecule has 0 unspecified atom stereocenters. The average molecular weight is 352 g/mol. The Morgan fingerprint density at radius 1 is 1.08 bits per heavy atom. The van der Waals surface area contributed by atoms with Gasteiger partial charge in [0.1, 0.15) is 0 Å². The summed E-state index contributed by atoms with van der Waals surface area (Å²) in [5.74, 6) is -0.0344. The lowest BCUT2D eigenvalue weighted by molar-refractivity contribution is -0.125. The first-order valence-corrected chi connectivity index (χ1v) is 9.27. The van der Waals surface area contributed by atoms with Crippen molar-refractivity contribution >= 4 is 11.6 Å². The molecule has 1 N–H and O–H groups in total. The Balaban J connectivity index is 1.53. The van der Waals surface area contributed by atoms with Crippen LogP contribution >= 0.6 is 0 Å². The van der Waals surface area contributed by atoms with Crippen LogP contribution in [0.3, 0.4) is 0 Å². The third-order valence-electron chi connectivity index (χ3n) is 5.31. The smallest absolute Gasteiger partial charge is 0.229 e. The average Bonchev–Trinajstić information content (AvgIpc) is 2.64. The van der Waals surface area contributed by atoms with Gasteiger partial charge >= 0.3 is 0 Å². The van der Waals surface area contributed by atoms with E-state index in [0.717, 1.165) is 25.3 Å². The molecule has 4 heteroatoms. The van der Waals surface area contributed by atoms with Gasteiger partial charge in [0.05, 0.1) is 12.0 Å². The Bertz CT molecular complexity index is 720. The lowest BCUT2D eigenvalue weighted by Crippen LogP contribution is -2.47. The largest absolute Gasteiger partial charge is 0.389 e. The predicted octanol–water partition coefficient (Wildman–Crippen LogP) is 3.38. The van der Waals surface area contributed by atoms with E-state index in [2.05, 4.69) is 29.2 Å². The summed E-state index contributed by atoms with van der Waals surface area (Å²) in [5, 5.41) is 10.9. The molecule has 0 saturated carbocycles. The molecule has 1 aliphatic rings. The van der Waals surface area contributed by atoms with Crippen molar-refractivity contribution in [3.05, 3.63) is 65.7 Å². The fourth-order valence-electron chi connectivity index (χ4n) is 3.46. The van der Waals surface area contributed by atoms with Gasteiger partial charge in [-0.15, -0.1) is 0 Å². The first-order chi connectivity index (χ1) is 12.5. The third-order valence-corrected chi connectivity index (χ3v) is 5.31. The summed E-state index contributed by atoms with van der Waals surface area (Å²) in [5.41, 5.74) is 2.42. The molecule has 0 aromatic heterocycles. The number of rotatable bonds is 5. The van der Waals surface area contributed by atoms with Crippen LogP contribution in [0.1, 0.15) is 30.4 Å². The maximum Gasteiger partial charge on any atom is 0.229 e. The number of likely N-dealkylation sites (tertiary alicyclic amines) is 1. The van der Waals surface area contributed by atoms with Crippen LogP contribution < -0.4 is 4.90 Å². The zero-order valence-corrected chi connectivity index (χ0v) is 15.7. The second kappa shape index (κ2) is 8.02. The van der Waals surface area contributed by atoms with E-state index in [1.165, 1.54) is 11.1 Å². The zero-order chi connectivity index (χ0) is 18.6. The van der Waals surface area contributed by atoms with Gasteiger partial charge in [0.2, 0.25) is 5.91 Å². The summed E-state index contributed by atoms with van der Waals surface area (Å²) in [6, 6.07) is 18.3. The molecule has 138 valence electrons. The lowest BCUT2D eigenvalue weighted by Gasteiger charge is -2.38. The van der Waals surface area contributed by atoms with E-state index < -0.39 is 5.60 Å². The Hall–Kier alpha value is -2.17. The van der Waals surface area contributed by atoms with Crippen LogP contribution in [0.15, 0.2) is 54.6 Å². The normalized spacial score (nSPS) is 17.0. The minimum Gasteiger partial charge on any atom is -0.389 e. The van der Waals surface area contributed by atoms with Crippen LogP contribution in [0, 0.1) is 6.92 Å². The van der Waals surface area contributed by atoms with Gasteiger partial charge in [-0.05, 0) is 37.5 Å². The molecule has 3 rings (SSSR count). The van der Waals surface area contributed by atoms with Crippen LogP contribution in [0.4, 0.5) is 5.69 Å². The minimum absolute atomic E-state index is 0.0344. The maximum absolute atomic E-state index is 12.6. The second-order valence-electron chi connectivity index (χ2n) is 7.45. The molecule has 2 aromatic rings. The minimum atomic E-state index is -0.900. The highest BCUT2D eigenvalue weighted by atomic mass is 16.3. The summed E-state index contributed by atoms with van der Waals surface area (Å²) < 4.78 is 0. The Kier molecular flexibility index (Phi) is 5.74. The van der Waals surface area contributed by atoms with E-state index in [0.29, 0.717) is 12.8 Å². The van der Waals surface area contributed by atoms with E-state index in [9.17, 15) is 9.90 Å². The number of hydrogen-bond donors (Lipinski definition) is 1. The third kappa shape index (κ3) is 4.71. The molecule has 1 saturated heterocycles. The van der Waals surface area contributed by atoms with Crippen molar-refractivity contribution in [1.82, 2.24) is 4.90 Å². The summed E-state index contributed by atoms with van der Waals surface area (Å²) in [4.78, 5) is 16.6. The molecule has 1 amide bonds. The van der Waals surface area contributed by atoms with Gasteiger partial charge in [0.15, 0.2) is 0 Å². The molecule has 0 bridgehead atoms. The molecule has 1 aliphatic heterocycles. The van der Waals surface area contributed by atoms with Gasteiger partial charge in [-0.1, -0.05) is 48.0 Å². The first kappa shape index (κ1) is 18.6. The van der Waals surface area contributed by atoms with Gasteiger partial charge in [0.25, 0.3) is 0 Å². The number of aliphatic hydroxyl groups is 1. The number of nitrogens with zero attached hydrogens (tertiary/aromatic N) is 2. The van der Waals surface area contributed by atoms with E-state index in [1.54, 1.807) is 11.9 Å². The van der Waals surface area contributed by atoms with Crippen molar-refractivity contribution in [1.29, 1.82) is 0 Å². The number of amides is 1. The fourth-order valence-corrected chi connectivity index (χ4v) is 3.46. The molecule has 0 atom stereocenters. The number of benzene rings is 2. The van der Waals surface area contributed by atoms with Crippen LogP contribution in [0.25, 0.3) is 0 Å². The Morgan fingerprint density at radius 2 is 1.69 bits per heavy atom. The quantitative estimate of drug-likeness (QED) is 0.897. The first-order valence-electron chi connectivity index (χ1n) is 9.27. The molecule has 1 fully saturated rings. The SMILES string of the molecule is Cc1ccc(N(C)C(=O)CC2(O)CCN(Cc3ccccc3)CC2)cc1. The monoisotopic (exact) mass is 352 g/mol. The lowest BCUT2D eigenvalue weighted by atomic mass is 9.87. The van der Waals surface area contributed by atoms with Crippen molar-refractivity contribution in [2.24, 2.45) is 0 Å². The van der Waals surface area contributed by atoms with Crippen molar-refractivity contribution in [2.75, 3.05) is 25.0 Å². The molecule has 0 spiro atoms. The van der Waals surface area contributed by atoms with Gasteiger partial charge in [-0.3, -0.25) is 9.69 Å². The van der Waals surface area contributed by atoms with Crippen LogP contribution in [0.5, 0.6) is 0 Å². The molecule has 0 radical (unpaired) electrons.